The summed E-state index contributed by atoms with van der Waals surface area (Å²) in [5.74, 6) is 0.247. The first-order valence-corrected chi connectivity index (χ1v) is 11.0. The van der Waals surface area contributed by atoms with Crippen LogP contribution in [0.3, 0.4) is 0 Å². The van der Waals surface area contributed by atoms with Gasteiger partial charge in [-0.25, -0.2) is 4.79 Å². The highest BCUT2D eigenvalue weighted by molar-refractivity contribution is 7.99. The van der Waals surface area contributed by atoms with E-state index < -0.39 is 23.0 Å². The lowest BCUT2D eigenvalue weighted by Gasteiger charge is -2.32. The number of hydrogen-bond donors (Lipinski definition) is 3. The van der Waals surface area contributed by atoms with Crippen molar-refractivity contribution in [2.45, 2.75) is 73.0 Å². The van der Waals surface area contributed by atoms with Crippen LogP contribution in [0.4, 0.5) is 0 Å². The molecule has 164 valence electrons. The van der Waals surface area contributed by atoms with Gasteiger partial charge >= 0.3 is 5.97 Å². The van der Waals surface area contributed by atoms with Crippen LogP contribution >= 0.6 is 11.8 Å². The molecule has 0 aromatic heterocycles. The monoisotopic (exact) mass is 418 g/mol. The molecule has 3 N–H and O–H groups in total. The van der Waals surface area contributed by atoms with Crippen molar-refractivity contribution in [1.82, 2.24) is 10.6 Å². The van der Waals surface area contributed by atoms with Crippen LogP contribution in [0.1, 0.15) is 61.3 Å². The predicted octanol–water partition coefficient (Wildman–Crippen LogP) is 2.68. The molecule has 0 aromatic rings. The number of aliphatic carboxylic acids is 1. The van der Waals surface area contributed by atoms with Crippen LogP contribution < -0.4 is 10.6 Å². The molecule has 28 heavy (non-hydrogen) atoms. The zero-order valence-corrected chi connectivity index (χ0v) is 19.2. The van der Waals surface area contributed by atoms with Crippen molar-refractivity contribution in [1.29, 1.82) is 0 Å². The average molecular weight is 419 g/mol. The molecule has 1 atom stereocenters. The largest absolute Gasteiger partial charge is 0.480 e. The normalized spacial score (nSPS) is 13.3. The number of carboxylic acids is 1. The van der Waals surface area contributed by atoms with E-state index in [1.165, 1.54) is 11.8 Å². The van der Waals surface area contributed by atoms with E-state index in [9.17, 15) is 19.5 Å². The van der Waals surface area contributed by atoms with Gasteiger partial charge in [0, 0.05) is 18.7 Å². The van der Waals surface area contributed by atoms with Gasteiger partial charge in [0.05, 0.1) is 17.6 Å². The van der Waals surface area contributed by atoms with Gasteiger partial charge in [-0.1, -0.05) is 20.8 Å². The summed E-state index contributed by atoms with van der Waals surface area (Å²) in [6.45, 7) is 13.9. The van der Waals surface area contributed by atoms with Crippen LogP contribution in [-0.2, 0) is 19.1 Å². The molecule has 2 amide bonds. The first-order valence-electron chi connectivity index (χ1n) is 9.83. The van der Waals surface area contributed by atoms with Crippen LogP contribution in [0.25, 0.3) is 0 Å². The minimum atomic E-state index is -1.03. The number of ether oxygens (including phenoxy) is 1. The zero-order valence-electron chi connectivity index (χ0n) is 18.4. The van der Waals surface area contributed by atoms with E-state index in [1.807, 2.05) is 13.8 Å². The molecule has 7 nitrogen and oxygen atoms in total. The van der Waals surface area contributed by atoms with E-state index in [2.05, 4.69) is 24.5 Å². The first kappa shape index (κ1) is 26.7. The summed E-state index contributed by atoms with van der Waals surface area (Å²) in [5, 5.41) is 14.8. The van der Waals surface area contributed by atoms with Crippen molar-refractivity contribution in [2.24, 2.45) is 11.3 Å². The third-order valence-corrected chi connectivity index (χ3v) is 5.62. The number of rotatable bonds is 14. The molecular weight excluding hydrogens is 380 g/mol. The number of hydrogen-bond acceptors (Lipinski definition) is 5. The van der Waals surface area contributed by atoms with Crippen LogP contribution in [0, 0.1) is 11.3 Å². The van der Waals surface area contributed by atoms with E-state index in [0.29, 0.717) is 31.1 Å². The fourth-order valence-electron chi connectivity index (χ4n) is 2.09. The minimum absolute atomic E-state index is 0.00874. The second kappa shape index (κ2) is 12.3. The fourth-order valence-corrected chi connectivity index (χ4v) is 3.16. The Balaban J connectivity index is 4.61. The van der Waals surface area contributed by atoms with Gasteiger partial charge in [0.15, 0.2) is 0 Å². The fraction of sp³-hybridized carbons (Fsp3) is 0.850. The molecule has 0 radical (unpaired) electrons. The summed E-state index contributed by atoms with van der Waals surface area (Å²) in [6.07, 6.45) is 1.05. The maximum atomic E-state index is 12.6. The van der Waals surface area contributed by atoms with Crippen molar-refractivity contribution in [3.8, 4) is 0 Å². The lowest BCUT2D eigenvalue weighted by Crippen LogP contribution is -2.50. The van der Waals surface area contributed by atoms with Gasteiger partial charge in [-0.15, -0.1) is 0 Å². The Morgan fingerprint density at radius 2 is 1.71 bits per heavy atom. The molecule has 0 aliphatic heterocycles. The van der Waals surface area contributed by atoms with Crippen molar-refractivity contribution in [3.05, 3.63) is 0 Å². The van der Waals surface area contributed by atoms with E-state index >= 15 is 0 Å². The molecule has 0 aliphatic carbocycles. The van der Waals surface area contributed by atoms with Crippen molar-refractivity contribution >= 4 is 29.5 Å². The second-order valence-corrected chi connectivity index (χ2v) is 9.76. The number of carboxylic acid groups (broad SMARTS) is 1. The van der Waals surface area contributed by atoms with Crippen LogP contribution in [0.5, 0.6) is 0 Å². The molecule has 0 aromatic carbocycles. The first-order chi connectivity index (χ1) is 12.8. The maximum absolute atomic E-state index is 12.6. The molecule has 0 fully saturated rings. The van der Waals surface area contributed by atoms with Crippen LogP contribution in [-0.4, -0.2) is 59.2 Å². The Labute approximate surface area is 173 Å². The van der Waals surface area contributed by atoms with Crippen molar-refractivity contribution in [3.63, 3.8) is 0 Å². The quantitative estimate of drug-likeness (QED) is 0.401. The van der Waals surface area contributed by atoms with Gasteiger partial charge in [0.1, 0.15) is 6.04 Å². The Bertz CT molecular complexity index is 521. The summed E-state index contributed by atoms with van der Waals surface area (Å²) >= 11 is 1.52. The summed E-state index contributed by atoms with van der Waals surface area (Å²) in [4.78, 5) is 35.4. The predicted molar refractivity (Wildman–Crippen MR) is 113 cm³/mol. The highest BCUT2D eigenvalue weighted by Crippen LogP contribution is 2.22. The van der Waals surface area contributed by atoms with E-state index in [-0.39, 0.29) is 18.4 Å². The number of carbonyl (C=O) groups is 3. The molecule has 0 spiro atoms. The highest BCUT2D eigenvalue weighted by atomic mass is 32.2. The summed E-state index contributed by atoms with van der Waals surface area (Å²) in [6, 6.07) is -0.923. The minimum Gasteiger partial charge on any atom is -0.480 e. The maximum Gasteiger partial charge on any atom is 0.327 e. The summed E-state index contributed by atoms with van der Waals surface area (Å²) in [7, 11) is 0. The van der Waals surface area contributed by atoms with Crippen molar-refractivity contribution in [2.75, 3.05) is 24.7 Å². The molecule has 0 rings (SSSR count). The third-order valence-electron chi connectivity index (χ3n) is 4.15. The lowest BCUT2D eigenvalue weighted by molar-refractivity contribution is -0.145. The molecule has 0 saturated heterocycles. The smallest absolute Gasteiger partial charge is 0.327 e. The van der Waals surface area contributed by atoms with E-state index in [0.717, 1.165) is 5.75 Å². The average Bonchev–Trinajstić information content (AvgIpc) is 2.58. The number of thioether (sulfide) groups is 1. The number of carbonyl (C=O) groups excluding carboxylic acids is 2. The zero-order chi connectivity index (χ0) is 22.0. The van der Waals surface area contributed by atoms with Gasteiger partial charge < -0.3 is 20.5 Å². The van der Waals surface area contributed by atoms with Gasteiger partial charge in [0.2, 0.25) is 11.8 Å². The van der Waals surface area contributed by atoms with Crippen molar-refractivity contribution < 1.29 is 24.2 Å². The van der Waals surface area contributed by atoms with Gasteiger partial charge in [-0.2, -0.15) is 11.8 Å². The Morgan fingerprint density at radius 1 is 1.11 bits per heavy atom. The summed E-state index contributed by atoms with van der Waals surface area (Å²) < 4.78 is 5.92. The molecule has 0 aliphatic rings. The van der Waals surface area contributed by atoms with Crippen LogP contribution in [0.2, 0.25) is 0 Å². The summed E-state index contributed by atoms with van der Waals surface area (Å²) in [5.41, 5.74) is -1.39. The molecule has 0 unspecified atom stereocenters. The molecular formula is C20H38N2O5S. The Kier molecular flexibility index (Phi) is 11.8. The number of nitrogens with one attached hydrogen (secondary N) is 2. The SMILES string of the molecule is CCC(=O)NCCC(C)(C)OCC(C)(C)C(=O)N[C@@H](CSCC(C)C)C(=O)O. The second-order valence-electron chi connectivity index (χ2n) is 8.68. The van der Waals surface area contributed by atoms with Crippen LogP contribution in [0.15, 0.2) is 0 Å². The lowest BCUT2D eigenvalue weighted by atomic mass is 9.92. The van der Waals surface area contributed by atoms with E-state index in [4.69, 9.17) is 4.74 Å². The van der Waals surface area contributed by atoms with Gasteiger partial charge in [-0.3, -0.25) is 9.59 Å². The highest BCUT2D eigenvalue weighted by Gasteiger charge is 2.33. The third kappa shape index (κ3) is 11.5. The standard InChI is InChI=1S/C20H38N2O5S/c1-8-16(23)21-10-9-20(6,7)27-13-19(4,5)18(26)22-15(17(24)25)12-28-11-14(2)3/h14-15H,8-13H2,1-7H3,(H,21,23)(H,22,26)(H,24,25)/t15-/m0/s1. The Hall–Kier alpha value is -1.28. The van der Waals surface area contributed by atoms with Gasteiger partial charge in [0.25, 0.3) is 0 Å². The van der Waals surface area contributed by atoms with E-state index in [1.54, 1.807) is 20.8 Å². The van der Waals surface area contributed by atoms with Gasteiger partial charge in [-0.05, 0) is 45.8 Å². The Morgan fingerprint density at radius 3 is 2.21 bits per heavy atom. The molecule has 0 saturated carbocycles. The molecule has 0 heterocycles. The molecule has 0 bridgehead atoms. The number of amides is 2. The topological polar surface area (TPSA) is 105 Å². The molecule has 8 heteroatoms.